The normalized spacial score (nSPS) is 18.4. The van der Waals surface area contributed by atoms with Crippen LogP contribution in [0.15, 0.2) is 41.8 Å². The first-order chi connectivity index (χ1) is 10.7. The van der Waals surface area contributed by atoms with Gasteiger partial charge in [0.2, 0.25) is 5.91 Å². The summed E-state index contributed by atoms with van der Waals surface area (Å²) in [4.78, 5) is 19.4. The molecule has 1 atom stereocenters. The van der Waals surface area contributed by atoms with Gasteiger partial charge in [-0.2, -0.15) is 5.10 Å². The number of thioether (sulfide) groups is 1. The molecule has 0 saturated carbocycles. The average molecular weight is 337 g/mol. The molecule has 0 bridgehead atoms. The Kier molecular flexibility index (Phi) is 5.00. The quantitative estimate of drug-likeness (QED) is 0.806. The minimum atomic E-state index is 0.171. The molecule has 0 radical (unpaired) electrons. The van der Waals surface area contributed by atoms with E-state index >= 15 is 0 Å². The van der Waals surface area contributed by atoms with Crippen LogP contribution < -0.4 is 0 Å². The Bertz CT molecular complexity index is 617. The fourth-order valence-electron chi connectivity index (χ4n) is 2.57. The summed E-state index contributed by atoms with van der Waals surface area (Å²) < 4.78 is 1.85. The van der Waals surface area contributed by atoms with E-state index in [2.05, 4.69) is 10.1 Å². The summed E-state index contributed by atoms with van der Waals surface area (Å²) in [6.45, 7) is 1.54. The van der Waals surface area contributed by atoms with Crippen LogP contribution in [0.5, 0.6) is 0 Å². The fraction of sp³-hybridized carbons (Fsp3) is 0.400. The fourth-order valence-corrected chi connectivity index (χ4v) is 3.50. The minimum Gasteiger partial charge on any atom is -0.340 e. The lowest BCUT2D eigenvalue weighted by Crippen LogP contribution is -2.41. The van der Waals surface area contributed by atoms with Gasteiger partial charge < -0.3 is 4.90 Å². The summed E-state index contributed by atoms with van der Waals surface area (Å²) in [6.07, 6.45) is 5.30. The van der Waals surface area contributed by atoms with Gasteiger partial charge in [0.05, 0.1) is 11.8 Å². The zero-order chi connectivity index (χ0) is 15.4. The van der Waals surface area contributed by atoms with Crippen molar-refractivity contribution in [2.75, 3.05) is 18.8 Å². The Balaban J connectivity index is 1.54. The average Bonchev–Trinajstić information content (AvgIpc) is 3.09. The lowest BCUT2D eigenvalue weighted by Gasteiger charge is -2.32. The molecule has 2 heterocycles. The van der Waals surface area contributed by atoms with Crippen LogP contribution in [0.2, 0.25) is 5.02 Å². The zero-order valence-corrected chi connectivity index (χ0v) is 13.6. The number of benzene rings is 1. The topological polar surface area (TPSA) is 51.0 Å². The second-order valence-corrected chi connectivity index (χ2v) is 6.74. The molecule has 1 saturated heterocycles. The van der Waals surface area contributed by atoms with Crippen molar-refractivity contribution < 1.29 is 4.79 Å². The highest BCUT2D eigenvalue weighted by molar-refractivity contribution is 8.00. The molecular weight excluding hydrogens is 320 g/mol. The predicted octanol–water partition coefficient (Wildman–Crippen LogP) is 2.89. The van der Waals surface area contributed by atoms with Gasteiger partial charge in [-0.05, 0) is 37.1 Å². The van der Waals surface area contributed by atoms with Gasteiger partial charge in [-0.15, -0.1) is 11.8 Å². The molecule has 1 amide bonds. The standard InChI is InChI=1S/C15H17ClN4OS/c16-12-3-5-14(6-4-12)22-9-15(21)19-7-1-2-13(8-19)20-11-17-10-18-20/h3-6,10-11,13H,1-2,7-9H2/t13-/m1/s1. The Labute approximate surface area is 138 Å². The van der Waals surface area contributed by atoms with Crippen LogP contribution in [0.4, 0.5) is 0 Å². The van der Waals surface area contributed by atoms with E-state index < -0.39 is 0 Å². The molecule has 0 N–H and O–H groups in total. The summed E-state index contributed by atoms with van der Waals surface area (Å²) in [7, 11) is 0. The van der Waals surface area contributed by atoms with Crippen molar-refractivity contribution in [2.24, 2.45) is 0 Å². The van der Waals surface area contributed by atoms with Gasteiger partial charge in [-0.3, -0.25) is 4.79 Å². The first-order valence-corrected chi connectivity index (χ1v) is 8.59. The van der Waals surface area contributed by atoms with E-state index in [0.29, 0.717) is 17.3 Å². The molecule has 0 spiro atoms. The third-order valence-electron chi connectivity index (χ3n) is 3.74. The first-order valence-electron chi connectivity index (χ1n) is 7.22. The molecule has 1 fully saturated rings. The molecule has 3 rings (SSSR count). The number of rotatable bonds is 4. The zero-order valence-electron chi connectivity index (χ0n) is 12.1. The van der Waals surface area contributed by atoms with Gasteiger partial charge in [0.15, 0.2) is 0 Å². The first kappa shape index (κ1) is 15.4. The van der Waals surface area contributed by atoms with Crippen molar-refractivity contribution in [3.8, 4) is 0 Å². The Morgan fingerprint density at radius 1 is 1.36 bits per heavy atom. The van der Waals surface area contributed by atoms with E-state index in [-0.39, 0.29) is 11.9 Å². The SMILES string of the molecule is O=C(CSc1ccc(Cl)cc1)N1CCC[C@@H](n2cncn2)C1. The molecule has 1 aliphatic heterocycles. The van der Waals surface area contributed by atoms with E-state index in [0.717, 1.165) is 24.3 Å². The Hall–Kier alpha value is -1.53. The molecule has 2 aromatic rings. The number of aromatic nitrogens is 3. The van der Waals surface area contributed by atoms with Crippen LogP contribution in [0.1, 0.15) is 18.9 Å². The van der Waals surface area contributed by atoms with Crippen molar-refractivity contribution in [3.05, 3.63) is 41.9 Å². The largest absolute Gasteiger partial charge is 0.340 e. The van der Waals surface area contributed by atoms with Crippen LogP contribution in [0, 0.1) is 0 Å². The number of piperidine rings is 1. The van der Waals surface area contributed by atoms with Crippen molar-refractivity contribution in [1.29, 1.82) is 0 Å². The van der Waals surface area contributed by atoms with E-state index in [1.165, 1.54) is 6.33 Å². The maximum Gasteiger partial charge on any atom is 0.233 e. The molecule has 1 aromatic carbocycles. The highest BCUT2D eigenvalue weighted by Crippen LogP contribution is 2.24. The van der Waals surface area contributed by atoms with Crippen molar-refractivity contribution in [2.45, 2.75) is 23.8 Å². The summed E-state index contributed by atoms with van der Waals surface area (Å²) in [5.41, 5.74) is 0. The van der Waals surface area contributed by atoms with Gasteiger partial charge in [-0.1, -0.05) is 11.6 Å². The van der Waals surface area contributed by atoms with Gasteiger partial charge in [0, 0.05) is 23.0 Å². The smallest absolute Gasteiger partial charge is 0.233 e. The van der Waals surface area contributed by atoms with Crippen molar-refractivity contribution in [1.82, 2.24) is 19.7 Å². The van der Waals surface area contributed by atoms with E-state index in [1.807, 2.05) is 33.8 Å². The highest BCUT2D eigenvalue weighted by atomic mass is 35.5. The molecule has 0 aliphatic carbocycles. The predicted molar refractivity (Wildman–Crippen MR) is 87.0 cm³/mol. The van der Waals surface area contributed by atoms with E-state index in [4.69, 9.17) is 11.6 Å². The summed E-state index contributed by atoms with van der Waals surface area (Å²) >= 11 is 7.41. The monoisotopic (exact) mass is 336 g/mol. The maximum atomic E-state index is 12.4. The number of hydrogen-bond donors (Lipinski definition) is 0. The number of carbonyl (C=O) groups is 1. The van der Waals surface area contributed by atoms with Crippen LogP contribution in [-0.2, 0) is 4.79 Å². The number of hydrogen-bond acceptors (Lipinski definition) is 4. The summed E-state index contributed by atoms with van der Waals surface area (Å²) in [6, 6.07) is 7.80. The second-order valence-electron chi connectivity index (χ2n) is 5.25. The highest BCUT2D eigenvalue weighted by Gasteiger charge is 2.25. The molecule has 7 heteroatoms. The lowest BCUT2D eigenvalue weighted by molar-refractivity contribution is -0.130. The third kappa shape index (κ3) is 3.81. The maximum absolute atomic E-state index is 12.4. The minimum absolute atomic E-state index is 0.171. The van der Waals surface area contributed by atoms with Crippen molar-refractivity contribution >= 4 is 29.3 Å². The van der Waals surface area contributed by atoms with E-state index in [1.54, 1.807) is 18.1 Å². The molecule has 22 heavy (non-hydrogen) atoms. The summed E-state index contributed by atoms with van der Waals surface area (Å²) in [5.74, 6) is 0.621. The third-order valence-corrected chi connectivity index (χ3v) is 4.98. The number of carbonyl (C=O) groups excluding carboxylic acids is 1. The molecular formula is C15H17ClN4OS. The molecule has 1 aromatic heterocycles. The number of halogens is 1. The van der Waals surface area contributed by atoms with Gasteiger partial charge in [-0.25, -0.2) is 9.67 Å². The second kappa shape index (κ2) is 7.15. The number of amides is 1. The number of likely N-dealkylation sites (tertiary alicyclic amines) is 1. The Morgan fingerprint density at radius 2 is 2.18 bits per heavy atom. The van der Waals surface area contributed by atoms with Crippen LogP contribution >= 0.6 is 23.4 Å². The van der Waals surface area contributed by atoms with Gasteiger partial charge in [0.1, 0.15) is 12.7 Å². The van der Waals surface area contributed by atoms with Crippen LogP contribution in [0.3, 0.4) is 0 Å². The molecule has 1 aliphatic rings. The summed E-state index contributed by atoms with van der Waals surface area (Å²) in [5, 5.41) is 4.90. The number of nitrogens with zero attached hydrogens (tertiary/aromatic N) is 4. The van der Waals surface area contributed by atoms with E-state index in [9.17, 15) is 4.79 Å². The van der Waals surface area contributed by atoms with Crippen LogP contribution in [0.25, 0.3) is 0 Å². The lowest BCUT2D eigenvalue weighted by atomic mass is 10.1. The molecule has 0 unspecified atom stereocenters. The van der Waals surface area contributed by atoms with Crippen molar-refractivity contribution in [3.63, 3.8) is 0 Å². The Morgan fingerprint density at radius 3 is 2.91 bits per heavy atom. The molecule has 5 nitrogen and oxygen atoms in total. The van der Waals surface area contributed by atoms with Gasteiger partial charge >= 0.3 is 0 Å². The van der Waals surface area contributed by atoms with Crippen LogP contribution in [-0.4, -0.2) is 44.4 Å². The van der Waals surface area contributed by atoms with Gasteiger partial charge in [0.25, 0.3) is 0 Å². The molecule has 116 valence electrons.